The number of hydrogen-bond acceptors (Lipinski definition) is 3. The van der Waals surface area contributed by atoms with Gasteiger partial charge in [0.15, 0.2) is 11.8 Å². The highest BCUT2D eigenvalue weighted by Gasteiger charge is 2.23. The van der Waals surface area contributed by atoms with E-state index < -0.39 is 0 Å². The Morgan fingerprint density at radius 1 is 1.40 bits per heavy atom. The van der Waals surface area contributed by atoms with Crippen LogP contribution in [0, 0.1) is 13.5 Å². The lowest BCUT2D eigenvalue weighted by Gasteiger charge is -2.11. The topological polar surface area (TPSA) is 39.2 Å². The van der Waals surface area contributed by atoms with Gasteiger partial charge in [-0.1, -0.05) is 0 Å². The lowest BCUT2D eigenvalue weighted by molar-refractivity contribution is -0.642. The minimum atomic E-state index is 0.320. The normalized spacial score (nSPS) is 11.9. The van der Waals surface area contributed by atoms with Crippen LogP contribution in [0.15, 0.2) is 29.1 Å². The summed E-state index contributed by atoms with van der Waals surface area (Å²) in [5, 5.41) is 3.38. The van der Waals surface area contributed by atoms with Crippen molar-refractivity contribution in [3.8, 4) is 0 Å². The molecule has 5 aromatic rings. The fourth-order valence-corrected chi connectivity index (χ4v) is 4.74. The molecule has 0 aliphatic rings. The van der Waals surface area contributed by atoms with Crippen LogP contribution in [-0.4, -0.2) is 9.55 Å². The van der Waals surface area contributed by atoms with Crippen molar-refractivity contribution in [1.29, 1.82) is 0 Å². The first-order valence-corrected chi connectivity index (χ1v) is 8.82. The Bertz CT molecular complexity index is 1360. The molecule has 4 aromatic heterocycles. The highest BCUT2D eigenvalue weighted by Crippen LogP contribution is 2.41. The molecule has 5 nitrogen and oxygen atoms in total. The summed E-state index contributed by atoms with van der Waals surface area (Å²) in [6.07, 6.45) is 3.92. The number of hydrogen-bond donors (Lipinski definition) is 0. The molecule has 0 spiro atoms. The smallest absolute Gasteiger partial charge is 0.252 e. The number of fused-ring (bicyclic) bond motifs is 3. The number of benzene rings is 1. The highest BCUT2D eigenvalue weighted by atomic mass is 32.1. The van der Waals surface area contributed by atoms with Crippen LogP contribution in [0.3, 0.4) is 0 Å². The molecule has 0 fully saturated rings. The van der Waals surface area contributed by atoms with Gasteiger partial charge in [0.05, 0.1) is 28.7 Å². The number of rotatable bonds is 1. The minimum Gasteiger partial charge on any atom is -0.454 e. The Balaban J connectivity index is 2.12. The molecule has 5 rings (SSSR count). The zero-order valence-electron chi connectivity index (χ0n) is 14.1. The van der Waals surface area contributed by atoms with E-state index in [0.717, 1.165) is 42.7 Å². The van der Waals surface area contributed by atoms with Crippen LogP contribution in [0.5, 0.6) is 0 Å². The lowest BCUT2D eigenvalue weighted by Crippen LogP contribution is -2.24. The van der Waals surface area contributed by atoms with Crippen LogP contribution in [0.1, 0.15) is 10.4 Å². The quantitative estimate of drug-likeness (QED) is 0.258. The predicted molar refractivity (Wildman–Crippen MR) is 99.6 cm³/mol. The van der Waals surface area contributed by atoms with E-state index in [1.54, 1.807) is 11.3 Å². The number of aromatic nitrogens is 3. The SMILES string of the molecule is [C-]#[N+]Cc1sc2ncn(C)c3c4c(C)c5cc[n+](C)c5cc4oc1c23. The molecule has 0 saturated carbocycles. The van der Waals surface area contributed by atoms with Crippen molar-refractivity contribution in [3.05, 3.63) is 46.5 Å². The van der Waals surface area contributed by atoms with Crippen LogP contribution >= 0.6 is 11.3 Å². The third-order valence-electron chi connectivity index (χ3n) is 4.94. The molecule has 4 heterocycles. The van der Waals surface area contributed by atoms with Gasteiger partial charge in [-0.05, 0) is 12.5 Å². The van der Waals surface area contributed by atoms with Crippen molar-refractivity contribution in [2.24, 2.45) is 14.1 Å². The fourth-order valence-electron chi connectivity index (χ4n) is 3.75. The summed E-state index contributed by atoms with van der Waals surface area (Å²) in [4.78, 5) is 9.98. The molecule has 0 aliphatic carbocycles. The van der Waals surface area contributed by atoms with E-state index >= 15 is 0 Å². The third kappa shape index (κ3) is 1.76. The maximum atomic E-state index is 7.24. The van der Waals surface area contributed by atoms with Crippen LogP contribution in [0.2, 0.25) is 0 Å². The van der Waals surface area contributed by atoms with E-state index in [2.05, 4.69) is 44.2 Å². The van der Waals surface area contributed by atoms with Gasteiger partial charge in [0.2, 0.25) is 5.52 Å². The molecule has 25 heavy (non-hydrogen) atoms. The van der Waals surface area contributed by atoms with Crippen LogP contribution < -0.4 is 4.57 Å². The lowest BCUT2D eigenvalue weighted by atomic mass is 10.0. The Kier molecular flexibility index (Phi) is 2.77. The Labute approximate surface area is 147 Å². The molecular weight excluding hydrogens is 332 g/mol. The summed E-state index contributed by atoms with van der Waals surface area (Å²) in [7, 11) is 4.06. The number of nitrogens with zero attached hydrogens (tertiary/aromatic N) is 4. The van der Waals surface area contributed by atoms with E-state index in [9.17, 15) is 0 Å². The van der Waals surface area contributed by atoms with Crippen molar-refractivity contribution in [2.45, 2.75) is 13.5 Å². The first kappa shape index (κ1) is 14.4. The van der Waals surface area contributed by atoms with Gasteiger partial charge in [-0.2, -0.15) is 0 Å². The standard InChI is InChI=1S/C19H15N4OS/c1-10-11-5-6-22(3)12(11)7-13-15(10)17-16-18(24-13)14(8-20-2)25-19(16)21-9-23(17)4/h5-7,9H,8H2,1,3-4H3/q+1. The Hall–Kier alpha value is -2.91. The maximum Gasteiger partial charge on any atom is 0.252 e. The Morgan fingerprint density at radius 2 is 2.24 bits per heavy atom. The van der Waals surface area contributed by atoms with Gasteiger partial charge in [0, 0.05) is 18.5 Å². The predicted octanol–water partition coefficient (Wildman–Crippen LogP) is 4.24. The molecule has 0 atom stereocenters. The van der Waals surface area contributed by atoms with E-state index in [1.807, 2.05) is 20.4 Å². The zero-order valence-corrected chi connectivity index (χ0v) is 14.9. The van der Waals surface area contributed by atoms with E-state index in [4.69, 9.17) is 11.0 Å². The fraction of sp³-hybridized carbons (Fsp3) is 0.211. The van der Waals surface area contributed by atoms with E-state index in [0.29, 0.717) is 6.54 Å². The number of thiophene rings is 1. The maximum absolute atomic E-state index is 7.24. The molecule has 0 saturated heterocycles. The van der Waals surface area contributed by atoms with Crippen molar-refractivity contribution in [2.75, 3.05) is 0 Å². The summed E-state index contributed by atoms with van der Waals surface area (Å²) in [6, 6.07) is 4.25. The average Bonchev–Trinajstić information content (AvgIpc) is 3.13. The molecule has 6 heteroatoms. The second-order valence-corrected chi connectivity index (χ2v) is 7.47. The van der Waals surface area contributed by atoms with Crippen molar-refractivity contribution >= 4 is 54.5 Å². The number of aryl methyl sites for hydroxylation is 3. The summed E-state index contributed by atoms with van der Waals surface area (Å²) in [6.45, 7) is 9.71. The Morgan fingerprint density at radius 3 is 3.04 bits per heavy atom. The van der Waals surface area contributed by atoms with Crippen molar-refractivity contribution in [3.63, 3.8) is 0 Å². The second kappa shape index (κ2) is 4.80. The van der Waals surface area contributed by atoms with Crippen LogP contribution in [0.25, 0.3) is 48.0 Å². The average molecular weight is 347 g/mol. The van der Waals surface area contributed by atoms with Crippen molar-refractivity contribution in [1.82, 2.24) is 9.55 Å². The van der Waals surface area contributed by atoms with Gasteiger partial charge >= 0.3 is 0 Å². The molecular formula is C19H15N4OS+. The largest absolute Gasteiger partial charge is 0.454 e. The summed E-state index contributed by atoms with van der Waals surface area (Å²) < 4.78 is 10.5. The third-order valence-corrected chi connectivity index (χ3v) is 6.00. The van der Waals surface area contributed by atoms with E-state index in [-0.39, 0.29) is 0 Å². The molecule has 0 radical (unpaired) electrons. The molecule has 0 aliphatic heterocycles. The summed E-state index contributed by atoms with van der Waals surface area (Å²) >= 11 is 1.55. The molecule has 1 aromatic carbocycles. The van der Waals surface area contributed by atoms with Gasteiger partial charge in [0.25, 0.3) is 6.54 Å². The molecule has 122 valence electrons. The van der Waals surface area contributed by atoms with Gasteiger partial charge in [0.1, 0.15) is 22.3 Å². The highest BCUT2D eigenvalue weighted by molar-refractivity contribution is 7.19. The minimum absolute atomic E-state index is 0.320. The van der Waals surface area contributed by atoms with Crippen molar-refractivity contribution < 1.29 is 8.98 Å². The first-order valence-electron chi connectivity index (χ1n) is 8.00. The molecule has 0 unspecified atom stereocenters. The van der Waals surface area contributed by atoms with Gasteiger partial charge in [-0.25, -0.2) is 16.1 Å². The monoisotopic (exact) mass is 347 g/mol. The summed E-state index contributed by atoms with van der Waals surface area (Å²) in [5.41, 5.74) is 5.13. The summed E-state index contributed by atoms with van der Waals surface area (Å²) in [5.74, 6) is 0. The molecule has 0 N–H and O–H groups in total. The zero-order chi connectivity index (χ0) is 17.3. The molecule has 0 bridgehead atoms. The van der Waals surface area contributed by atoms with Gasteiger partial charge in [-0.15, -0.1) is 11.3 Å². The first-order chi connectivity index (χ1) is 12.1. The van der Waals surface area contributed by atoms with Crippen LogP contribution in [0.4, 0.5) is 0 Å². The van der Waals surface area contributed by atoms with E-state index in [1.165, 1.54) is 10.9 Å². The molecule has 0 amide bonds. The van der Waals surface area contributed by atoms with Crippen LogP contribution in [-0.2, 0) is 20.6 Å². The second-order valence-electron chi connectivity index (χ2n) is 6.39. The van der Waals surface area contributed by atoms with Gasteiger partial charge in [-0.3, -0.25) is 0 Å². The van der Waals surface area contributed by atoms with Gasteiger partial charge < -0.3 is 13.8 Å².